The van der Waals surface area contributed by atoms with E-state index in [0.29, 0.717) is 12.0 Å². The minimum atomic E-state index is 0.351. The zero-order valence-corrected chi connectivity index (χ0v) is 9.30. The molecule has 0 saturated heterocycles. The molecule has 2 N–H and O–H groups in total. The second kappa shape index (κ2) is 5.58. The minimum Gasteiger partial charge on any atom is -0.328 e. The van der Waals surface area contributed by atoms with E-state index in [1.807, 2.05) is 0 Å². The van der Waals surface area contributed by atoms with Crippen molar-refractivity contribution in [3.05, 3.63) is 0 Å². The second-order valence-corrected chi connectivity index (χ2v) is 4.74. The van der Waals surface area contributed by atoms with Gasteiger partial charge in [-0.2, -0.15) is 0 Å². The monoisotopic (exact) mass is 171 g/mol. The third-order valence-electron chi connectivity index (χ3n) is 2.61. The quantitative estimate of drug-likeness (QED) is 0.676. The van der Waals surface area contributed by atoms with Crippen LogP contribution in [0.2, 0.25) is 0 Å². The molecule has 1 nitrogen and oxygen atoms in total. The van der Waals surface area contributed by atoms with E-state index in [2.05, 4.69) is 34.6 Å². The Morgan fingerprint density at radius 2 is 1.42 bits per heavy atom. The zero-order chi connectivity index (χ0) is 9.72. The third kappa shape index (κ3) is 4.76. The second-order valence-electron chi connectivity index (χ2n) is 4.74. The van der Waals surface area contributed by atoms with Crippen LogP contribution < -0.4 is 5.73 Å². The molecule has 0 saturated carbocycles. The van der Waals surface area contributed by atoms with E-state index in [1.54, 1.807) is 0 Å². The molecular formula is C11H25N. The normalized spacial score (nSPS) is 17.0. The first-order valence-electron chi connectivity index (χ1n) is 5.20. The molecule has 0 aromatic rings. The number of hydrogen-bond donors (Lipinski definition) is 1. The van der Waals surface area contributed by atoms with Gasteiger partial charge in [0.15, 0.2) is 0 Å². The van der Waals surface area contributed by atoms with Crippen LogP contribution in [-0.2, 0) is 0 Å². The summed E-state index contributed by atoms with van der Waals surface area (Å²) in [5.74, 6) is 2.24. The summed E-state index contributed by atoms with van der Waals surface area (Å²) < 4.78 is 0. The minimum absolute atomic E-state index is 0.351. The molecule has 0 aromatic heterocycles. The predicted molar refractivity (Wildman–Crippen MR) is 56.0 cm³/mol. The lowest BCUT2D eigenvalue weighted by Gasteiger charge is -2.25. The highest BCUT2D eigenvalue weighted by molar-refractivity contribution is 4.72. The summed E-state index contributed by atoms with van der Waals surface area (Å²) in [5, 5.41) is 0. The topological polar surface area (TPSA) is 26.0 Å². The number of hydrogen-bond acceptors (Lipinski definition) is 1. The lowest BCUT2D eigenvalue weighted by atomic mass is 9.84. The molecule has 12 heavy (non-hydrogen) atoms. The molecule has 0 aliphatic carbocycles. The van der Waals surface area contributed by atoms with Crippen molar-refractivity contribution in [1.82, 2.24) is 0 Å². The van der Waals surface area contributed by atoms with Crippen molar-refractivity contribution in [3.63, 3.8) is 0 Å². The summed E-state index contributed by atoms with van der Waals surface area (Å²) in [7, 11) is 0. The van der Waals surface area contributed by atoms with Gasteiger partial charge < -0.3 is 5.73 Å². The highest BCUT2D eigenvalue weighted by Crippen LogP contribution is 2.22. The van der Waals surface area contributed by atoms with Crippen LogP contribution in [0, 0.1) is 17.8 Å². The molecule has 0 aromatic carbocycles. The van der Waals surface area contributed by atoms with Crippen molar-refractivity contribution in [3.8, 4) is 0 Å². The summed E-state index contributed by atoms with van der Waals surface area (Å²) in [6.45, 7) is 11.2. The largest absolute Gasteiger partial charge is 0.328 e. The van der Waals surface area contributed by atoms with Crippen molar-refractivity contribution in [2.45, 2.75) is 53.5 Å². The standard InChI is InChI=1S/C11H25N/c1-8(2)6-7-11(9(3)4)10(5)12/h8-11H,6-7,12H2,1-5H3. The van der Waals surface area contributed by atoms with Gasteiger partial charge in [-0.05, 0) is 31.1 Å². The maximum Gasteiger partial charge on any atom is 0.00412 e. The first kappa shape index (κ1) is 12.0. The average molecular weight is 171 g/mol. The van der Waals surface area contributed by atoms with Crippen LogP contribution in [-0.4, -0.2) is 6.04 Å². The molecule has 0 aliphatic heterocycles. The smallest absolute Gasteiger partial charge is 0.00412 e. The molecule has 1 heteroatoms. The molecular weight excluding hydrogens is 146 g/mol. The summed E-state index contributed by atoms with van der Waals surface area (Å²) >= 11 is 0. The van der Waals surface area contributed by atoms with Crippen LogP contribution in [0.5, 0.6) is 0 Å². The molecule has 2 unspecified atom stereocenters. The van der Waals surface area contributed by atoms with Gasteiger partial charge in [0.25, 0.3) is 0 Å². The fourth-order valence-corrected chi connectivity index (χ4v) is 1.73. The van der Waals surface area contributed by atoms with E-state index in [4.69, 9.17) is 5.73 Å². The van der Waals surface area contributed by atoms with Crippen LogP contribution in [0.1, 0.15) is 47.5 Å². The Labute approximate surface area is 77.7 Å². The van der Waals surface area contributed by atoms with Crippen molar-refractivity contribution in [2.24, 2.45) is 23.5 Å². The van der Waals surface area contributed by atoms with Gasteiger partial charge in [0.1, 0.15) is 0 Å². The first-order valence-corrected chi connectivity index (χ1v) is 5.20. The van der Waals surface area contributed by atoms with Crippen molar-refractivity contribution >= 4 is 0 Å². The van der Waals surface area contributed by atoms with Crippen LogP contribution in [0.25, 0.3) is 0 Å². The van der Waals surface area contributed by atoms with Crippen LogP contribution >= 0.6 is 0 Å². The Hall–Kier alpha value is -0.0400. The molecule has 0 rings (SSSR count). The van der Waals surface area contributed by atoms with Crippen LogP contribution in [0.3, 0.4) is 0 Å². The van der Waals surface area contributed by atoms with Crippen molar-refractivity contribution in [2.75, 3.05) is 0 Å². The Kier molecular flexibility index (Phi) is 5.56. The van der Waals surface area contributed by atoms with Crippen molar-refractivity contribution in [1.29, 1.82) is 0 Å². The lowest BCUT2D eigenvalue weighted by molar-refractivity contribution is 0.290. The molecule has 2 atom stereocenters. The van der Waals surface area contributed by atoms with Crippen LogP contribution in [0.4, 0.5) is 0 Å². The molecule has 0 bridgehead atoms. The SMILES string of the molecule is CC(C)CCC(C(C)C)C(C)N. The maximum atomic E-state index is 5.92. The fourth-order valence-electron chi connectivity index (χ4n) is 1.73. The van der Waals surface area contributed by atoms with Gasteiger partial charge in [0.05, 0.1) is 0 Å². The maximum absolute atomic E-state index is 5.92. The Morgan fingerprint density at radius 1 is 0.917 bits per heavy atom. The van der Waals surface area contributed by atoms with Gasteiger partial charge in [-0.3, -0.25) is 0 Å². The van der Waals surface area contributed by atoms with Gasteiger partial charge in [0.2, 0.25) is 0 Å². The average Bonchev–Trinajstić information content (AvgIpc) is 1.84. The van der Waals surface area contributed by atoms with Gasteiger partial charge >= 0.3 is 0 Å². The summed E-state index contributed by atoms with van der Waals surface area (Å²) in [6, 6.07) is 0.351. The van der Waals surface area contributed by atoms with Gasteiger partial charge in [0, 0.05) is 6.04 Å². The highest BCUT2D eigenvalue weighted by Gasteiger charge is 2.17. The van der Waals surface area contributed by atoms with Gasteiger partial charge in [-0.15, -0.1) is 0 Å². The molecule has 0 aliphatic rings. The Morgan fingerprint density at radius 3 is 1.67 bits per heavy atom. The fraction of sp³-hybridized carbons (Fsp3) is 1.00. The van der Waals surface area contributed by atoms with E-state index < -0.39 is 0 Å². The van der Waals surface area contributed by atoms with Crippen LogP contribution in [0.15, 0.2) is 0 Å². The summed E-state index contributed by atoms with van der Waals surface area (Å²) in [4.78, 5) is 0. The van der Waals surface area contributed by atoms with E-state index in [0.717, 1.165) is 11.8 Å². The zero-order valence-electron chi connectivity index (χ0n) is 9.30. The van der Waals surface area contributed by atoms with E-state index in [9.17, 15) is 0 Å². The Balaban J connectivity index is 3.80. The van der Waals surface area contributed by atoms with E-state index in [-0.39, 0.29) is 0 Å². The molecule has 0 radical (unpaired) electrons. The Bertz CT molecular complexity index is 97.6. The van der Waals surface area contributed by atoms with E-state index in [1.165, 1.54) is 12.8 Å². The highest BCUT2D eigenvalue weighted by atomic mass is 14.6. The van der Waals surface area contributed by atoms with Gasteiger partial charge in [-0.25, -0.2) is 0 Å². The first-order chi connectivity index (χ1) is 5.45. The summed E-state index contributed by atoms with van der Waals surface area (Å²) in [6.07, 6.45) is 2.59. The number of nitrogens with two attached hydrogens (primary N) is 1. The molecule has 0 amide bonds. The van der Waals surface area contributed by atoms with Crippen molar-refractivity contribution < 1.29 is 0 Å². The molecule has 0 spiro atoms. The van der Waals surface area contributed by atoms with E-state index >= 15 is 0 Å². The van der Waals surface area contributed by atoms with Gasteiger partial charge in [-0.1, -0.05) is 34.1 Å². The number of rotatable bonds is 5. The molecule has 0 heterocycles. The predicted octanol–water partition coefficient (Wildman–Crippen LogP) is 3.04. The lowest BCUT2D eigenvalue weighted by Crippen LogP contribution is -2.30. The molecule has 74 valence electrons. The molecule has 0 fully saturated rings. The third-order valence-corrected chi connectivity index (χ3v) is 2.61. The summed E-state index contributed by atoms with van der Waals surface area (Å²) in [5.41, 5.74) is 5.92.